The zero-order valence-corrected chi connectivity index (χ0v) is 15.6. The van der Waals surface area contributed by atoms with Gasteiger partial charge in [-0.25, -0.2) is 18.7 Å². The van der Waals surface area contributed by atoms with Crippen molar-refractivity contribution in [3.05, 3.63) is 72.6 Å². The second-order valence-electron chi connectivity index (χ2n) is 6.68. The van der Waals surface area contributed by atoms with Gasteiger partial charge >= 0.3 is 6.01 Å². The monoisotopic (exact) mass is 410 g/mol. The van der Waals surface area contributed by atoms with E-state index >= 15 is 0 Å². The molecule has 7 nitrogen and oxygen atoms in total. The number of rotatable bonds is 5. The first-order valence-corrected chi connectivity index (χ1v) is 9.10. The minimum Gasteiger partial charge on any atom is -0.424 e. The van der Waals surface area contributed by atoms with Crippen molar-refractivity contribution in [1.29, 1.82) is 0 Å². The minimum atomic E-state index is -0.787. The summed E-state index contributed by atoms with van der Waals surface area (Å²) in [5, 5.41) is 2.74. The summed E-state index contributed by atoms with van der Waals surface area (Å²) in [5.74, 6) is -2.56. The predicted molar refractivity (Wildman–Crippen MR) is 104 cm³/mol. The van der Waals surface area contributed by atoms with Crippen LogP contribution in [0.15, 0.2) is 60.9 Å². The van der Waals surface area contributed by atoms with Crippen molar-refractivity contribution in [1.82, 2.24) is 9.97 Å². The average molecular weight is 410 g/mol. The van der Waals surface area contributed by atoms with E-state index in [0.29, 0.717) is 11.4 Å². The molecule has 1 unspecified atom stereocenters. The molecule has 0 radical (unpaired) electrons. The molecule has 1 N–H and O–H groups in total. The van der Waals surface area contributed by atoms with Crippen LogP contribution in [-0.4, -0.2) is 28.3 Å². The van der Waals surface area contributed by atoms with Gasteiger partial charge in [-0.2, -0.15) is 0 Å². The molecule has 2 aromatic carbocycles. The van der Waals surface area contributed by atoms with Crippen molar-refractivity contribution in [2.45, 2.75) is 6.42 Å². The number of halogens is 2. The summed E-state index contributed by atoms with van der Waals surface area (Å²) in [6, 6.07) is 11.3. The number of nitrogens with one attached hydrogen (secondary N) is 1. The number of anilines is 2. The Balaban J connectivity index is 1.43. The minimum absolute atomic E-state index is 0.0294. The van der Waals surface area contributed by atoms with Crippen LogP contribution in [-0.2, 0) is 9.59 Å². The first-order chi connectivity index (χ1) is 14.5. The highest BCUT2D eigenvalue weighted by Crippen LogP contribution is 2.28. The lowest BCUT2D eigenvalue weighted by Crippen LogP contribution is -2.28. The topological polar surface area (TPSA) is 84.4 Å². The molecular weight excluding hydrogens is 394 g/mol. The molecule has 4 rings (SSSR count). The van der Waals surface area contributed by atoms with Gasteiger partial charge in [0.2, 0.25) is 11.8 Å². The smallest absolute Gasteiger partial charge is 0.321 e. The van der Waals surface area contributed by atoms with Gasteiger partial charge in [0.15, 0.2) is 0 Å². The number of ether oxygens (including phenoxy) is 1. The van der Waals surface area contributed by atoms with E-state index in [1.165, 1.54) is 4.90 Å². The zero-order valence-electron chi connectivity index (χ0n) is 15.6. The van der Waals surface area contributed by atoms with Crippen LogP contribution < -0.4 is 15.0 Å². The van der Waals surface area contributed by atoms with Crippen LogP contribution in [0.25, 0.3) is 0 Å². The van der Waals surface area contributed by atoms with E-state index in [1.54, 1.807) is 42.7 Å². The summed E-state index contributed by atoms with van der Waals surface area (Å²) in [6.45, 7) is 0.0294. The van der Waals surface area contributed by atoms with Gasteiger partial charge < -0.3 is 15.0 Å². The van der Waals surface area contributed by atoms with E-state index in [0.717, 1.165) is 18.2 Å². The first-order valence-electron chi connectivity index (χ1n) is 9.10. The second-order valence-corrected chi connectivity index (χ2v) is 6.68. The normalized spacial score (nSPS) is 15.9. The molecule has 1 saturated heterocycles. The van der Waals surface area contributed by atoms with Crippen molar-refractivity contribution < 1.29 is 23.1 Å². The molecule has 2 heterocycles. The van der Waals surface area contributed by atoms with Crippen molar-refractivity contribution in [3.8, 4) is 11.8 Å². The van der Waals surface area contributed by atoms with Crippen LogP contribution in [0.1, 0.15) is 6.42 Å². The van der Waals surface area contributed by atoms with Crippen molar-refractivity contribution in [2.75, 3.05) is 16.8 Å². The second kappa shape index (κ2) is 8.24. The highest BCUT2D eigenvalue weighted by Gasteiger charge is 2.35. The van der Waals surface area contributed by atoms with Gasteiger partial charge in [-0.05, 0) is 30.3 Å². The van der Waals surface area contributed by atoms with E-state index in [9.17, 15) is 18.4 Å². The summed E-state index contributed by atoms with van der Waals surface area (Å²) in [5.41, 5.74) is 0.558. The third kappa shape index (κ3) is 4.40. The number of hydrogen-bond acceptors (Lipinski definition) is 5. The molecule has 9 heteroatoms. The Hall–Kier alpha value is -3.88. The number of aromatic nitrogens is 2. The van der Waals surface area contributed by atoms with Gasteiger partial charge in [0, 0.05) is 48.9 Å². The molecule has 3 aromatic rings. The summed E-state index contributed by atoms with van der Waals surface area (Å²) < 4.78 is 32.5. The Bertz CT molecular complexity index is 1070. The average Bonchev–Trinajstić information content (AvgIpc) is 3.10. The summed E-state index contributed by atoms with van der Waals surface area (Å²) in [7, 11) is 0. The third-order valence-electron chi connectivity index (χ3n) is 4.51. The molecule has 1 aliphatic rings. The van der Waals surface area contributed by atoms with E-state index in [4.69, 9.17) is 4.74 Å². The van der Waals surface area contributed by atoms with Gasteiger partial charge in [-0.15, -0.1) is 0 Å². The Morgan fingerprint density at radius 1 is 1.07 bits per heavy atom. The number of nitrogens with zero attached hydrogens (tertiary/aromatic N) is 3. The molecule has 1 aliphatic heterocycles. The van der Waals surface area contributed by atoms with E-state index in [-0.39, 0.29) is 36.5 Å². The molecule has 30 heavy (non-hydrogen) atoms. The molecule has 0 saturated carbocycles. The Kier molecular flexibility index (Phi) is 5.34. The van der Waals surface area contributed by atoms with Gasteiger partial charge in [0.25, 0.3) is 0 Å². The fourth-order valence-corrected chi connectivity index (χ4v) is 3.15. The summed E-state index contributed by atoms with van der Waals surface area (Å²) in [6.07, 6.45) is 3.03. The lowest BCUT2D eigenvalue weighted by atomic mass is 10.1. The van der Waals surface area contributed by atoms with E-state index < -0.39 is 17.6 Å². The molecule has 1 atom stereocenters. The maximum atomic E-state index is 13.5. The van der Waals surface area contributed by atoms with E-state index in [2.05, 4.69) is 15.3 Å². The van der Waals surface area contributed by atoms with Gasteiger partial charge in [-0.3, -0.25) is 9.59 Å². The number of hydrogen-bond donors (Lipinski definition) is 1. The Labute approximate surface area is 170 Å². The Morgan fingerprint density at radius 2 is 1.80 bits per heavy atom. The molecule has 1 fully saturated rings. The standard InChI is InChI=1S/C21H16F2N4O3/c22-14-8-15(23)10-17(9-14)27-12-13(7-19(27)28)20(29)26-16-3-1-4-18(11-16)30-21-24-5-2-6-25-21/h1-6,8-11,13H,7,12H2,(H,26,29). The van der Waals surface area contributed by atoms with Gasteiger partial charge in [0.1, 0.15) is 17.4 Å². The fourth-order valence-electron chi connectivity index (χ4n) is 3.15. The molecule has 0 spiro atoms. The molecular formula is C21H16F2N4O3. The SMILES string of the molecule is O=C(Nc1cccc(Oc2ncccn2)c1)C1CC(=O)N(c2cc(F)cc(F)c2)C1. The van der Waals surface area contributed by atoms with Gasteiger partial charge in [0.05, 0.1) is 5.92 Å². The highest BCUT2D eigenvalue weighted by atomic mass is 19.1. The summed E-state index contributed by atoms with van der Waals surface area (Å²) >= 11 is 0. The number of amides is 2. The van der Waals surface area contributed by atoms with Crippen LogP contribution in [0.4, 0.5) is 20.2 Å². The fraction of sp³-hybridized carbons (Fsp3) is 0.143. The van der Waals surface area contributed by atoms with Crippen molar-refractivity contribution in [3.63, 3.8) is 0 Å². The lowest BCUT2D eigenvalue weighted by Gasteiger charge is -2.17. The molecule has 0 aliphatic carbocycles. The van der Waals surface area contributed by atoms with Crippen LogP contribution in [0, 0.1) is 17.6 Å². The van der Waals surface area contributed by atoms with E-state index in [1.807, 2.05) is 0 Å². The lowest BCUT2D eigenvalue weighted by molar-refractivity contribution is -0.122. The zero-order chi connectivity index (χ0) is 21.1. The van der Waals surface area contributed by atoms with Crippen LogP contribution >= 0.6 is 0 Å². The highest BCUT2D eigenvalue weighted by molar-refractivity contribution is 6.03. The molecule has 0 bridgehead atoms. The number of benzene rings is 2. The number of carbonyl (C=O) groups is 2. The summed E-state index contributed by atoms with van der Waals surface area (Å²) in [4.78, 5) is 34.1. The largest absolute Gasteiger partial charge is 0.424 e. The third-order valence-corrected chi connectivity index (χ3v) is 4.51. The van der Waals surface area contributed by atoms with Crippen LogP contribution in [0.5, 0.6) is 11.8 Å². The predicted octanol–water partition coefficient (Wildman–Crippen LogP) is 3.54. The molecule has 2 amide bonds. The van der Waals surface area contributed by atoms with Gasteiger partial charge in [-0.1, -0.05) is 6.07 Å². The Morgan fingerprint density at radius 3 is 2.53 bits per heavy atom. The molecule has 1 aromatic heterocycles. The van der Waals surface area contributed by atoms with Crippen molar-refractivity contribution in [2.24, 2.45) is 5.92 Å². The quantitative estimate of drug-likeness (QED) is 0.696. The number of carbonyl (C=O) groups excluding carboxylic acids is 2. The molecule has 152 valence electrons. The first kappa shape index (κ1) is 19.4. The van der Waals surface area contributed by atoms with Crippen molar-refractivity contribution >= 4 is 23.2 Å². The van der Waals surface area contributed by atoms with Crippen LogP contribution in [0.3, 0.4) is 0 Å². The van der Waals surface area contributed by atoms with Crippen LogP contribution in [0.2, 0.25) is 0 Å². The maximum absolute atomic E-state index is 13.5. The maximum Gasteiger partial charge on any atom is 0.321 e.